The van der Waals surface area contributed by atoms with Crippen LogP contribution >= 0.6 is 11.3 Å². The molecule has 0 aliphatic carbocycles. The zero-order valence-corrected chi connectivity index (χ0v) is 14.8. The number of anilines is 1. The van der Waals surface area contributed by atoms with Crippen LogP contribution in [0.15, 0.2) is 18.3 Å². The van der Waals surface area contributed by atoms with Gasteiger partial charge in [0.05, 0.1) is 16.3 Å². The fourth-order valence-corrected chi connectivity index (χ4v) is 3.87. The highest BCUT2D eigenvalue weighted by molar-refractivity contribution is 7.19. The van der Waals surface area contributed by atoms with E-state index in [1.54, 1.807) is 23.5 Å². The van der Waals surface area contributed by atoms with E-state index in [4.69, 9.17) is 0 Å². The first kappa shape index (κ1) is 17.2. The molecule has 0 radical (unpaired) electrons. The average Bonchev–Trinajstić information content (AvgIpc) is 3.15. The second kappa shape index (κ2) is 6.02. The Bertz CT molecular complexity index is 731. The van der Waals surface area contributed by atoms with Crippen LogP contribution < -0.4 is 4.90 Å². The lowest BCUT2D eigenvalue weighted by molar-refractivity contribution is -0.181. The van der Waals surface area contributed by atoms with E-state index >= 15 is 0 Å². The fraction of sp³-hybridized carbons (Fsp3) is 0.529. The lowest BCUT2D eigenvalue weighted by Gasteiger charge is -2.27. The van der Waals surface area contributed by atoms with E-state index in [0.717, 1.165) is 61.0 Å². The summed E-state index contributed by atoms with van der Waals surface area (Å²) in [5, 5.41) is 0.952. The molecule has 1 aliphatic heterocycles. The van der Waals surface area contributed by atoms with Crippen LogP contribution in [0.5, 0.6) is 0 Å². The van der Waals surface area contributed by atoms with Gasteiger partial charge in [0.1, 0.15) is 5.41 Å². The highest BCUT2D eigenvalue weighted by Gasteiger charge is 2.49. The molecule has 3 nitrogen and oxygen atoms in total. The van der Waals surface area contributed by atoms with Gasteiger partial charge in [-0.3, -0.25) is 4.98 Å². The highest BCUT2D eigenvalue weighted by Crippen LogP contribution is 2.42. The number of aryl methyl sites for hydroxylation is 1. The molecule has 1 aliphatic rings. The lowest BCUT2D eigenvalue weighted by atomic mass is 9.87. The van der Waals surface area contributed by atoms with Crippen LogP contribution in [-0.2, 0) is 5.41 Å². The zero-order valence-electron chi connectivity index (χ0n) is 13.9. The Kier molecular flexibility index (Phi) is 4.32. The van der Waals surface area contributed by atoms with Crippen LogP contribution in [0.2, 0.25) is 0 Å². The molecule has 0 spiro atoms. The molecule has 0 atom stereocenters. The second-order valence-electron chi connectivity index (χ2n) is 6.66. The molecule has 0 saturated carbocycles. The third-order valence-electron chi connectivity index (χ3n) is 4.53. The zero-order chi connectivity index (χ0) is 17.5. The third kappa shape index (κ3) is 3.01. The Labute approximate surface area is 143 Å². The van der Waals surface area contributed by atoms with Gasteiger partial charge in [-0.2, -0.15) is 13.2 Å². The van der Waals surface area contributed by atoms with Crippen LogP contribution in [0.4, 0.5) is 18.3 Å². The van der Waals surface area contributed by atoms with Gasteiger partial charge in [0.15, 0.2) is 5.13 Å². The van der Waals surface area contributed by atoms with Gasteiger partial charge in [-0.1, -0.05) is 11.3 Å². The standard InChI is InChI=1S/C17H20F3N3S/c1-11-14(24-15(22-11)23-8-4-5-9-23)12-6-7-21-13(10-12)16(2,3)17(18,19)20/h6-7,10H,4-5,8-9H2,1-3H3. The molecule has 1 fully saturated rings. The van der Waals surface area contributed by atoms with Crippen LogP contribution in [0.3, 0.4) is 0 Å². The van der Waals surface area contributed by atoms with Crippen LogP contribution in [-0.4, -0.2) is 29.2 Å². The first-order valence-corrected chi connectivity index (χ1v) is 8.78. The van der Waals surface area contributed by atoms with E-state index in [2.05, 4.69) is 14.9 Å². The minimum Gasteiger partial charge on any atom is -0.348 e. The van der Waals surface area contributed by atoms with E-state index in [1.165, 1.54) is 6.20 Å². The van der Waals surface area contributed by atoms with E-state index in [1.807, 2.05) is 6.92 Å². The molecule has 0 aromatic carbocycles. The number of pyridine rings is 1. The van der Waals surface area contributed by atoms with Gasteiger partial charge in [-0.05, 0) is 51.3 Å². The predicted octanol–water partition coefficient (Wildman–Crippen LogP) is 4.95. The normalized spacial score (nSPS) is 16.0. The SMILES string of the molecule is Cc1nc(N2CCCC2)sc1-c1ccnc(C(C)(C)C(F)(F)F)c1. The number of hydrogen-bond donors (Lipinski definition) is 0. The summed E-state index contributed by atoms with van der Waals surface area (Å²) in [6.07, 6.45) is -0.574. The predicted molar refractivity (Wildman–Crippen MR) is 90.6 cm³/mol. The van der Waals surface area contributed by atoms with Crippen molar-refractivity contribution in [1.29, 1.82) is 0 Å². The van der Waals surface area contributed by atoms with Crippen molar-refractivity contribution in [3.63, 3.8) is 0 Å². The lowest BCUT2D eigenvalue weighted by Crippen LogP contribution is -2.37. The molecule has 3 rings (SSSR count). The molecule has 0 N–H and O–H groups in total. The largest absolute Gasteiger partial charge is 0.399 e. The second-order valence-corrected chi connectivity index (χ2v) is 7.64. The molecule has 0 unspecified atom stereocenters. The van der Waals surface area contributed by atoms with Crippen molar-refractivity contribution in [2.24, 2.45) is 0 Å². The van der Waals surface area contributed by atoms with E-state index in [0.29, 0.717) is 0 Å². The maximum atomic E-state index is 13.3. The minimum atomic E-state index is -4.35. The Morgan fingerprint density at radius 3 is 2.46 bits per heavy atom. The van der Waals surface area contributed by atoms with Gasteiger partial charge < -0.3 is 4.90 Å². The average molecular weight is 355 g/mol. The number of nitrogens with zero attached hydrogens (tertiary/aromatic N) is 3. The number of aromatic nitrogens is 2. The Balaban J connectivity index is 1.98. The van der Waals surface area contributed by atoms with Gasteiger partial charge in [-0.25, -0.2) is 4.98 Å². The summed E-state index contributed by atoms with van der Waals surface area (Å²) in [6, 6.07) is 3.30. The van der Waals surface area contributed by atoms with E-state index in [9.17, 15) is 13.2 Å². The summed E-state index contributed by atoms with van der Waals surface area (Å²) < 4.78 is 39.9. The monoisotopic (exact) mass is 355 g/mol. The number of hydrogen-bond acceptors (Lipinski definition) is 4. The summed E-state index contributed by atoms with van der Waals surface area (Å²) in [6.45, 7) is 6.22. The van der Waals surface area contributed by atoms with Gasteiger partial charge in [0.25, 0.3) is 0 Å². The molecule has 130 valence electrons. The van der Waals surface area contributed by atoms with Gasteiger partial charge in [-0.15, -0.1) is 0 Å². The fourth-order valence-electron chi connectivity index (χ4n) is 2.75. The summed E-state index contributed by atoms with van der Waals surface area (Å²) in [4.78, 5) is 11.7. The quantitative estimate of drug-likeness (QED) is 0.780. The van der Waals surface area contributed by atoms with Gasteiger partial charge in [0.2, 0.25) is 0 Å². The summed E-state index contributed by atoms with van der Waals surface area (Å²) >= 11 is 1.54. The van der Waals surface area contributed by atoms with Crippen molar-refractivity contribution >= 4 is 16.5 Å². The molecular weight excluding hydrogens is 335 g/mol. The molecular formula is C17H20F3N3S. The molecule has 0 bridgehead atoms. The smallest absolute Gasteiger partial charge is 0.348 e. The maximum Gasteiger partial charge on any atom is 0.399 e. The van der Waals surface area contributed by atoms with Crippen LogP contribution in [0.1, 0.15) is 38.1 Å². The Morgan fingerprint density at radius 1 is 1.17 bits per heavy atom. The molecule has 2 aromatic heterocycles. The van der Waals surface area contributed by atoms with Crippen LogP contribution in [0.25, 0.3) is 10.4 Å². The number of halogens is 3. The maximum absolute atomic E-state index is 13.3. The van der Waals surface area contributed by atoms with Gasteiger partial charge >= 0.3 is 6.18 Å². The Morgan fingerprint density at radius 2 is 1.83 bits per heavy atom. The van der Waals surface area contributed by atoms with E-state index in [-0.39, 0.29) is 5.69 Å². The summed E-state index contributed by atoms with van der Waals surface area (Å²) in [5.74, 6) is 0. The van der Waals surface area contributed by atoms with Crippen molar-refractivity contribution < 1.29 is 13.2 Å². The third-order valence-corrected chi connectivity index (χ3v) is 5.80. The van der Waals surface area contributed by atoms with Gasteiger partial charge in [0, 0.05) is 19.3 Å². The first-order chi connectivity index (χ1) is 11.2. The topological polar surface area (TPSA) is 29.0 Å². The molecule has 0 amide bonds. The molecule has 7 heteroatoms. The minimum absolute atomic E-state index is 0.0306. The van der Waals surface area contributed by atoms with Crippen molar-refractivity contribution in [3.05, 3.63) is 29.7 Å². The van der Waals surface area contributed by atoms with Crippen molar-refractivity contribution in [2.75, 3.05) is 18.0 Å². The molecule has 2 aromatic rings. The Hall–Kier alpha value is -1.63. The molecule has 24 heavy (non-hydrogen) atoms. The molecule has 3 heterocycles. The number of thiazole rings is 1. The molecule has 1 saturated heterocycles. The van der Waals surface area contributed by atoms with Crippen molar-refractivity contribution in [2.45, 2.75) is 45.2 Å². The van der Waals surface area contributed by atoms with E-state index < -0.39 is 11.6 Å². The number of rotatable bonds is 3. The summed E-state index contributed by atoms with van der Waals surface area (Å²) in [7, 11) is 0. The number of alkyl halides is 3. The van der Waals surface area contributed by atoms with Crippen LogP contribution in [0, 0.1) is 6.92 Å². The summed E-state index contributed by atoms with van der Waals surface area (Å²) in [5.41, 5.74) is -0.357. The van der Waals surface area contributed by atoms with Crippen molar-refractivity contribution in [1.82, 2.24) is 9.97 Å². The van der Waals surface area contributed by atoms with Crippen molar-refractivity contribution in [3.8, 4) is 10.4 Å². The first-order valence-electron chi connectivity index (χ1n) is 7.96. The highest BCUT2D eigenvalue weighted by atomic mass is 32.1.